The van der Waals surface area contributed by atoms with Gasteiger partial charge >= 0.3 is 0 Å². The van der Waals surface area contributed by atoms with Gasteiger partial charge in [-0.3, -0.25) is 4.79 Å². The summed E-state index contributed by atoms with van der Waals surface area (Å²) in [7, 11) is 0. The minimum atomic E-state index is -0.294. The van der Waals surface area contributed by atoms with Crippen molar-refractivity contribution in [3.05, 3.63) is 76.9 Å². The Bertz CT molecular complexity index is 1010. The predicted octanol–water partition coefficient (Wildman–Crippen LogP) is 4.77. The maximum Gasteiger partial charge on any atom is 0.259 e. The molecule has 1 aliphatic rings. The second-order valence-electron chi connectivity index (χ2n) is 7.69. The number of carbonyl (C=O) groups excluding carboxylic acids is 1. The van der Waals surface area contributed by atoms with E-state index in [2.05, 4.69) is 21.8 Å². The first kappa shape index (κ1) is 22.0. The van der Waals surface area contributed by atoms with Gasteiger partial charge in [0.2, 0.25) is 0 Å². The number of carbonyl (C=O) groups is 1. The zero-order valence-electron chi connectivity index (χ0n) is 17.1. The van der Waals surface area contributed by atoms with Crippen LogP contribution < -0.4 is 10.6 Å². The van der Waals surface area contributed by atoms with E-state index in [-0.39, 0.29) is 30.0 Å². The minimum Gasteiger partial charge on any atom is -0.322 e. The fourth-order valence-corrected chi connectivity index (χ4v) is 4.05. The molecule has 3 aromatic rings. The fraction of sp³-hybridized carbons (Fsp3) is 0.304. The average Bonchev–Trinajstić information content (AvgIpc) is 3.13. The van der Waals surface area contributed by atoms with Gasteiger partial charge in [-0.05, 0) is 87.3 Å². The zero-order chi connectivity index (χ0) is 20.4. The highest BCUT2D eigenvalue weighted by Gasteiger charge is 2.27. The molecule has 2 aromatic carbocycles. The van der Waals surface area contributed by atoms with Crippen LogP contribution in [-0.2, 0) is 0 Å². The van der Waals surface area contributed by atoms with Gasteiger partial charge in [-0.15, -0.1) is 12.4 Å². The quantitative estimate of drug-likeness (QED) is 0.629. The molecule has 5 nitrogen and oxygen atoms in total. The van der Waals surface area contributed by atoms with Crippen molar-refractivity contribution in [2.24, 2.45) is 0 Å². The Labute approximate surface area is 182 Å². The van der Waals surface area contributed by atoms with Crippen molar-refractivity contribution >= 4 is 24.0 Å². The highest BCUT2D eigenvalue weighted by atomic mass is 35.5. The fourth-order valence-electron chi connectivity index (χ4n) is 4.05. The van der Waals surface area contributed by atoms with Crippen LogP contribution in [0.1, 0.15) is 45.9 Å². The lowest BCUT2D eigenvalue weighted by atomic mass is 9.91. The average molecular weight is 429 g/mol. The van der Waals surface area contributed by atoms with Gasteiger partial charge in [-0.1, -0.05) is 6.07 Å². The summed E-state index contributed by atoms with van der Waals surface area (Å²) in [5, 5.41) is 10.9. The van der Waals surface area contributed by atoms with E-state index in [0.717, 1.165) is 54.1 Å². The molecule has 1 aliphatic heterocycles. The van der Waals surface area contributed by atoms with E-state index in [1.807, 2.05) is 26.0 Å². The van der Waals surface area contributed by atoms with E-state index in [4.69, 9.17) is 0 Å². The number of halogens is 2. The summed E-state index contributed by atoms with van der Waals surface area (Å²) >= 11 is 0. The molecular weight excluding hydrogens is 403 g/mol. The number of benzene rings is 2. The van der Waals surface area contributed by atoms with Crippen LogP contribution in [0.5, 0.6) is 0 Å². The number of hydrogen-bond acceptors (Lipinski definition) is 3. The number of nitrogens with one attached hydrogen (secondary N) is 2. The molecule has 30 heavy (non-hydrogen) atoms. The standard InChI is InChI=1S/C23H25FN4O.ClH/c1-15-11-16(2)13-19(12-15)27-23(29)21-14-26-28(20-5-3-18(24)4-6-20)22(21)17-7-9-25-10-8-17;/h3-6,11-14,17,25H,7-10H2,1-2H3,(H,27,29);1H. The first-order valence-electron chi connectivity index (χ1n) is 9.95. The number of nitrogens with zero attached hydrogens (tertiary/aromatic N) is 2. The summed E-state index contributed by atoms with van der Waals surface area (Å²) < 4.78 is 15.2. The largest absolute Gasteiger partial charge is 0.322 e. The lowest BCUT2D eigenvalue weighted by Gasteiger charge is -2.24. The second kappa shape index (κ2) is 9.41. The van der Waals surface area contributed by atoms with Crippen LogP contribution in [0.15, 0.2) is 48.7 Å². The van der Waals surface area contributed by atoms with Gasteiger partial charge in [0.25, 0.3) is 5.91 Å². The van der Waals surface area contributed by atoms with Crippen molar-refractivity contribution < 1.29 is 9.18 Å². The molecule has 0 bridgehead atoms. The topological polar surface area (TPSA) is 59.0 Å². The molecule has 0 atom stereocenters. The van der Waals surface area contributed by atoms with Gasteiger partial charge in [-0.2, -0.15) is 5.10 Å². The molecule has 0 radical (unpaired) electrons. The first-order chi connectivity index (χ1) is 14.0. The minimum absolute atomic E-state index is 0. The van der Waals surface area contributed by atoms with Crippen molar-refractivity contribution in [2.45, 2.75) is 32.6 Å². The van der Waals surface area contributed by atoms with Crippen LogP contribution in [0.4, 0.5) is 10.1 Å². The van der Waals surface area contributed by atoms with Crippen LogP contribution in [-0.4, -0.2) is 28.8 Å². The van der Waals surface area contributed by atoms with E-state index in [1.165, 1.54) is 12.1 Å². The predicted molar refractivity (Wildman–Crippen MR) is 119 cm³/mol. The Hall–Kier alpha value is -2.70. The van der Waals surface area contributed by atoms with Crippen LogP contribution >= 0.6 is 12.4 Å². The lowest BCUT2D eigenvalue weighted by Crippen LogP contribution is -2.29. The maximum absolute atomic E-state index is 13.4. The van der Waals surface area contributed by atoms with Crippen LogP contribution in [0.25, 0.3) is 5.69 Å². The molecule has 0 aliphatic carbocycles. The summed E-state index contributed by atoms with van der Waals surface area (Å²) in [6, 6.07) is 12.2. The number of rotatable bonds is 4. The van der Waals surface area contributed by atoms with Gasteiger partial charge in [-0.25, -0.2) is 9.07 Å². The van der Waals surface area contributed by atoms with Crippen LogP contribution in [0.2, 0.25) is 0 Å². The van der Waals surface area contributed by atoms with E-state index in [9.17, 15) is 9.18 Å². The van der Waals surface area contributed by atoms with Crippen molar-refractivity contribution in [2.75, 3.05) is 18.4 Å². The summed E-state index contributed by atoms with van der Waals surface area (Å²) in [6.07, 6.45) is 3.48. The lowest BCUT2D eigenvalue weighted by molar-refractivity contribution is 0.102. The smallest absolute Gasteiger partial charge is 0.259 e. The SMILES string of the molecule is Cc1cc(C)cc(NC(=O)c2cnn(-c3ccc(F)cc3)c2C2CCNCC2)c1.Cl. The highest BCUT2D eigenvalue weighted by molar-refractivity contribution is 6.05. The van der Waals surface area contributed by atoms with Crippen molar-refractivity contribution in [3.63, 3.8) is 0 Å². The number of amides is 1. The van der Waals surface area contributed by atoms with Crippen LogP contribution in [0, 0.1) is 19.7 Å². The molecule has 0 saturated carbocycles. The normalized spacial score (nSPS) is 14.2. The monoisotopic (exact) mass is 428 g/mol. The van der Waals surface area contributed by atoms with Gasteiger partial charge < -0.3 is 10.6 Å². The third-order valence-corrected chi connectivity index (χ3v) is 5.33. The third-order valence-electron chi connectivity index (χ3n) is 5.33. The van der Waals surface area contributed by atoms with Crippen molar-refractivity contribution in [1.29, 1.82) is 0 Å². The van der Waals surface area contributed by atoms with Gasteiger partial charge in [0.1, 0.15) is 5.82 Å². The van der Waals surface area contributed by atoms with Crippen molar-refractivity contribution in [3.8, 4) is 5.69 Å². The molecule has 1 amide bonds. The third kappa shape index (κ3) is 4.71. The maximum atomic E-state index is 13.4. The molecule has 4 rings (SSSR count). The molecule has 2 heterocycles. The Kier molecular flexibility index (Phi) is 6.90. The Balaban J connectivity index is 0.00000256. The van der Waals surface area contributed by atoms with E-state index in [1.54, 1.807) is 23.0 Å². The second-order valence-corrected chi connectivity index (χ2v) is 7.69. The molecule has 0 unspecified atom stereocenters. The molecule has 1 fully saturated rings. The van der Waals surface area contributed by atoms with E-state index < -0.39 is 0 Å². The number of hydrogen-bond donors (Lipinski definition) is 2. The van der Waals surface area contributed by atoms with Crippen LogP contribution in [0.3, 0.4) is 0 Å². The number of piperidine rings is 1. The molecule has 1 saturated heterocycles. The molecule has 7 heteroatoms. The molecule has 0 spiro atoms. The summed E-state index contributed by atoms with van der Waals surface area (Å²) in [6.45, 7) is 5.82. The van der Waals surface area contributed by atoms with E-state index in [0.29, 0.717) is 5.56 Å². The zero-order valence-corrected chi connectivity index (χ0v) is 17.9. The molecular formula is C23H26ClFN4O. The summed E-state index contributed by atoms with van der Waals surface area (Å²) in [5.74, 6) is -0.252. The highest BCUT2D eigenvalue weighted by Crippen LogP contribution is 2.31. The van der Waals surface area contributed by atoms with Gasteiger partial charge in [0, 0.05) is 11.6 Å². The number of anilines is 1. The Morgan fingerprint density at radius 2 is 1.73 bits per heavy atom. The van der Waals surface area contributed by atoms with Gasteiger partial charge in [0.05, 0.1) is 23.1 Å². The Morgan fingerprint density at radius 1 is 1.10 bits per heavy atom. The molecule has 2 N–H and O–H groups in total. The van der Waals surface area contributed by atoms with Gasteiger partial charge in [0.15, 0.2) is 0 Å². The number of aromatic nitrogens is 2. The summed E-state index contributed by atoms with van der Waals surface area (Å²) in [5.41, 5.74) is 5.19. The molecule has 1 aromatic heterocycles. The Morgan fingerprint density at radius 3 is 2.37 bits per heavy atom. The van der Waals surface area contributed by atoms with E-state index >= 15 is 0 Å². The number of aryl methyl sites for hydroxylation is 2. The molecule has 158 valence electrons. The first-order valence-corrected chi connectivity index (χ1v) is 9.95. The summed E-state index contributed by atoms with van der Waals surface area (Å²) in [4.78, 5) is 13.2. The van der Waals surface area contributed by atoms with Crippen molar-refractivity contribution in [1.82, 2.24) is 15.1 Å².